The Hall–Kier alpha value is -2.63. The van der Waals surface area contributed by atoms with E-state index in [-0.39, 0.29) is 18.6 Å². The fraction of sp³-hybridized carbons (Fsp3) is 0.421. The minimum atomic E-state index is -0.583. The molecule has 1 atom stereocenters. The molecule has 6 heteroatoms. The van der Waals surface area contributed by atoms with Crippen LogP contribution in [0, 0.1) is 0 Å². The van der Waals surface area contributed by atoms with Gasteiger partial charge in [0.15, 0.2) is 12.2 Å². The Morgan fingerprint density at radius 3 is 3.00 bits per heavy atom. The van der Waals surface area contributed by atoms with E-state index in [1.165, 1.54) is 12.2 Å². The number of esters is 1. The molecular weight excluding hydrogens is 320 g/mol. The molecule has 0 radical (unpaired) electrons. The maximum Gasteiger partial charge on any atom is 0.331 e. The van der Waals surface area contributed by atoms with E-state index in [1.807, 2.05) is 23.1 Å². The first-order chi connectivity index (χ1) is 12.2. The van der Waals surface area contributed by atoms with Gasteiger partial charge in [0.05, 0.1) is 0 Å². The van der Waals surface area contributed by atoms with Crippen molar-refractivity contribution in [3.63, 3.8) is 0 Å². The van der Waals surface area contributed by atoms with Crippen LogP contribution in [0.1, 0.15) is 38.5 Å². The largest absolute Gasteiger partial charge is 0.452 e. The lowest BCUT2D eigenvalue weighted by Crippen LogP contribution is -2.45. The first kappa shape index (κ1) is 17.2. The monoisotopic (exact) mass is 342 g/mol. The van der Waals surface area contributed by atoms with Crippen LogP contribution in [-0.2, 0) is 14.3 Å². The van der Waals surface area contributed by atoms with Gasteiger partial charge in [-0.05, 0) is 37.8 Å². The molecule has 1 aliphatic rings. The number of hydrogen-bond acceptors (Lipinski definition) is 5. The first-order valence-corrected chi connectivity index (χ1v) is 8.67. The summed E-state index contributed by atoms with van der Waals surface area (Å²) in [7, 11) is 0. The number of piperidine rings is 1. The molecule has 132 valence electrons. The second-order valence-electron chi connectivity index (χ2n) is 6.11. The van der Waals surface area contributed by atoms with Crippen LogP contribution < -0.4 is 0 Å². The van der Waals surface area contributed by atoms with Crippen LogP contribution in [0.3, 0.4) is 0 Å². The Kier molecular flexibility index (Phi) is 5.48. The molecule has 0 saturated carbocycles. The highest BCUT2D eigenvalue weighted by molar-refractivity contribution is 5.89. The molecule has 3 rings (SSSR count). The predicted molar refractivity (Wildman–Crippen MR) is 93.6 cm³/mol. The summed E-state index contributed by atoms with van der Waals surface area (Å²) in [5.74, 6) is -0.387. The second-order valence-corrected chi connectivity index (χ2v) is 6.11. The van der Waals surface area contributed by atoms with Gasteiger partial charge in [0.25, 0.3) is 5.91 Å². The van der Waals surface area contributed by atoms with Gasteiger partial charge < -0.3 is 14.1 Å². The Bertz CT molecular complexity index is 748. The number of hydrogen-bond donors (Lipinski definition) is 0. The number of nitrogens with zero attached hydrogens (tertiary/aromatic N) is 2. The van der Waals surface area contributed by atoms with Gasteiger partial charge in [0.1, 0.15) is 5.52 Å². The summed E-state index contributed by atoms with van der Waals surface area (Å²) in [4.78, 5) is 30.2. The van der Waals surface area contributed by atoms with Crippen LogP contribution in [0.25, 0.3) is 17.2 Å². The smallest absolute Gasteiger partial charge is 0.331 e. The number of carbonyl (C=O) groups is 2. The Morgan fingerprint density at radius 1 is 1.36 bits per heavy atom. The molecule has 1 aromatic heterocycles. The van der Waals surface area contributed by atoms with Gasteiger partial charge in [-0.2, -0.15) is 0 Å². The molecular formula is C19H22N2O4. The predicted octanol–water partition coefficient (Wildman–Crippen LogP) is 3.18. The lowest BCUT2D eigenvalue weighted by molar-refractivity contribution is -0.150. The van der Waals surface area contributed by atoms with E-state index in [9.17, 15) is 9.59 Å². The summed E-state index contributed by atoms with van der Waals surface area (Å²) in [6, 6.07) is 7.61. The van der Waals surface area contributed by atoms with Gasteiger partial charge >= 0.3 is 5.97 Å². The summed E-state index contributed by atoms with van der Waals surface area (Å²) >= 11 is 0. The van der Waals surface area contributed by atoms with E-state index in [0.29, 0.717) is 11.5 Å². The van der Waals surface area contributed by atoms with Crippen molar-refractivity contribution >= 4 is 29.1 Å². The van der Waals surface area contributed by atoms with Crippen molar-refractivity contribution in [1.29, 1.82) is 0 Å². The van der Waals surface area contributed by atoms with Crippen LogP contribution in [0.15, 0.2) is 34.8 Å². The van der Waals surface area contributed by atoms with Crippen molar-refractivity contribution in [2.75, 3.05) is 13.2 Å². The van der Waals surface area contributed by atoms with Crippen molar-refractivity contribution < 1.29 is 18.7 Å². The number of likely N-dealkylation sites (tertiary alicyclic amines) is 1. The number of fused-ring (bicyclic) bond motifs is 1. The number of aromatic nitrogens is 1. The lowest BCUT2D eigenvalue weighted by Gasteiger charge is -2.35. The lowest BCUT2D eigenvalue weighted by atomic mass is 10.00. The first-order valence-electron chi connectivity index (χ1n) is 8.67. The molecule has 0 aliphatic carbocycles. The standard InChI is InChI=1S/C19H22N2O4/c1-2-14-7-5-6-12-21(14)18(22)13-24-19(23)11-10-17-20-15-8-3-4-9-16(15)25-17/h3-4,8-11,14H,2,5-7,12-13H2,1H3/b11-10+/t14-/m0/s1. The van der Waals surface area contributed by atoms with E-state index in [4.69, 9.17) is 9.15 Å². The minimum absolute atomic E-state index is 0.129. The fourth-order valence-electron chi connectivity index (χ4n) is 3.12. The number of carbonyl (C=O) groups excluding carboxylic acids is 2. The Balaban J connectivity index is 1.52. The third-order valence-electron chi connectivity index (χ3n) is 4.43. The zero-order valence-corrected chi connectivity index (χ0v) is 14.3. The average molecular weight is 342 g/mol. The third-order valence-corrected chi connectivity index (χ3v) is 4.43. The molecule has 0 unspecified atom stereocenters. The summed E-state index contributed by atoms with van der Waals surface area (Å²) in [5.41, 5.74) is 1.38. The highest BCUT2D eigenvalue weighted by atomic mass is 16.5. The Labute approximate surface area is 146 Å². The Morgan fingerprint density at radius 2 is 2.20 bits per heavy atom. The molecule has 6 nitrogen and oxygen atoms in total. The van der Waals surface area contributed by atoms with Gasteiger partial charge in [-0.25, -0.2) is 9.78 Å². The fourth-order valence-corrected chi connectivity index (χ4v) is 3.12. The van der Waals surface area contributed by atoms with Crippen molar-refractivity contribution in [2.45, 2.75) is 38.6 Å². The van der Waals surface area contributed by atoms with Gasteiger partial charge in [-0.15, -0.1) is 0 Å². The van der Waals surface area contributed by atoms with Crippen LogP contribution in [0.2, 0.25) is 0 Å². The normalized spacial score (nSPS) is 18.0. The number of oxazole rings is 1. The van der Waals surface area contributed by atoms with Crippen LogP contribution in [-0.4, -0.2) is 41.0 Å². The highest BCUT2D eigenvalue weighted by Crippen LogP contribution is 2.19. The number of rotatable bonds is 5. The van der Waals surface area contributed by atoms with Crippen LogP contribution in [0.5, 0.6) is 0 Å². The molecule has 1 amide bonds. The van der Waals surface area contributed by atoms with E-state index in [1.54, 1.807) is 6.07 Å². The quantitative estimate of drug-likeness (QED) is 0.616. The molecule has 0 N–H and O–H groups in total. The second kappa shape index (κ2) is 7.96. The minimum Gasteiger partial charge on any atom is -0.452 e. The molecule has 0 bridgehead atoms. The maximum absolute atomic E-state index is 12.3. The summed E-state index contributed by atoms with van der Waals surface area (Å²) in [6.45, 7) is 2.59. The molecule has 1 aromatic carbocycles. The van der Waals surface area contributed by atoms with Crippen LogP contribution >= 0.6 is 0 Å². The number of ether oxygens (including phenoxy) is 1. The molecule has 2 aromatic rings. The van der Waals surface area contributed by atoms with Crippen molar-refractivity contribution in [2.24, 2.45) is 0 Å². The van der Waals surface area contributed by atoms with Crippen molar-refractivity contribution in [3.8, 4) is 0 Å². The molecule has 1 fully saturated rings. The van der Waals surface area contributed by atoms with E-state index in [2.05, 4.69) is 11.9 Å². The van der Waals surface area contributed by atoms with Crippen molar-refractivity contribution in [1.82, 2.24) is 9.88 Å². The molecule has 1 aliphatic heterocycles. The zero-order valence-electron chi connectivity index (χ0n) is 14.3. The number of benzene rings is 1. The molecule has 25 heavy (non-hydrogen) atoms. The SMILES string of the molecule is CC[C@H]1CCCCN1C(=O)COC(=O)/C=C/c1nc2ccccc2o1. The van der Waals surface area contributed by atoms with E-state index < -0.39 is 5.97 Å². The molecule has 1 saturated heterocycles. The van der Waals surface area contributed by atoms with Gasteiger partial charge in [-0.1, -0.05) is 19.1 Å². The number of amides is 1. The van der Waals surface area contributed by atoms with Crippen molar-refractivity contribution in [3.05, 3.63) is 36.2 Å². The van der Waals surface area contributed by atoms with Gasteiger partial charge in [-0.3, -0.25) is 4.79 Å². The highest BCUT2D eigenvalue weighted by Gasteiger charge is 2.25. The summed E-state index contributed by atoms with van der Waals surface area (Å²) in [5, 5.41) is 0. The van der Waals surface area contributed by atoms with E-state index >= 15 is 0 Å². The van der Waals surface area contributed by atoms with Crippen LogP contribution in [0.4, 0.5) is 0 Å². The summed E-state index contributed by atoms with van der Waals surface area (Å²) < 4.78 is 10.5. The number of para-hydroxylation sites is 2. The summed E-state index contributed by atoms with van der Waals surface area (Å²) in [6.07, 6.45) is 6.78. The topological polar surface area (TPSA) is 72.6 Å². The third kappa shape index (κ3) is 4.26. The molecule has 2 heterocycles. The van der Waals surface area contributed by atoms with E-state index in [0.717, 1.165) is 37.7 Å². The maximum atomic E-state index is 12.3. The van der Waals surface area contributed by atoms with Gasteiger partial charge in [0, 0.05) is 24.7 Å². The zero-order chi connectivity index (χ0) is 17.6. The average Bonchev–Trinajstić information content (AvgIpc) is 3.07. The molecule has 0 spiro atoms. The van der Waals surface area contributed by atoms with Gasteiger partial charge in [0.2, 0.25) is 5.89 Å².